The molecule has 0 saturated carbocycles. The summed E-state index contributed by atoms with van der Waals surface area (Å²) >= 11 is 0. The number of hydrogen-bond donors (Lipinski definition) is 2. The largest absolute Gasteiger partial charge is 0.467 e. The van der Waals surface area contributed by atoms with E-state index in [4.69, 9.17) is 4.42 Å². The summed E-state index contributed by atoms with van der Waals surface area (Å²) in [5, 5.41) is 5.20. The fraction of sp³-hybridized carbons (Fsp3) is 0.263. The van der Waals surface area contributed by atoms with E-state index < -0.39 is 23.8 Å². The highest BCUT2D eigenvalue weighted by molar-refractivity contribution is 6.21. The van der Waals surface area contributed by atoms with Gasteiger partial charge in [-0.25, -0.2) is 0 Å². The lowest BCUT2D eigenvalue weighted by Gasteiger charge is -2.16. The van der Waals surface area contributed by atoms with Gasteiger partial charge in [0.1, 0.15) is 11.8 Å². The number of rotatable bonds is 7. The second kappa shape index (κ2) is 7.86. The topological polar surface area (TPSA) is 109 Å². The maximum absolute atomic E-state index is 12.2. The Hall–Kier alpha value is -3.42. The van der Waals surface area contributed by atoms with Crippen molar-refractivity contribution in [1.82, 2.24) is 15.5 Å². The van der Waals surface area contributed by atoms with Crippen LogP contribution < -0.4 is 10.6 Å². The number of carbonyl (C=O) groups excluding carboxylic acids is 4. The number of nitrogens with zero attached hydrogens (tertiary/aromatic N) is 1. The van der Waals surface area contributed by atoms with Crippen molar-refractivity contribution in [2.75, 3.05) is 6.54 Å². The van der Waals surface area contributed by atoms with Crippen LogP contribution in [0.4, 0.5) is 0 Å². The number of hydrogen-bond acceptors (Lipinski definition) is 5. The molecule has 1 aliphatic rings. The molecule has 2 aromatic rings. The highest BCUT2D eigenvalue weighted by Crippen LogP contribution is 2.22. The molecule has 1 aliphatic heterocycles. The number of nitrogens with one attached hydrogen (secondary N) is 2. The van der Waals surface area contributed by atoms with Gasteiger partial charge in [0, 0.05) is 13.0 Å². The Labute approximate surface area is 155 Å². The van der Waals surface area contributed by atoms with Gasteiger partial charge in [-0.1, -0.05) is 12.1 Å². The summed E-state index contributed by atoms with van der Waals surface area (Å²) in [5.74, 6) is -1.000. The molecule has 3 rings (SSSR count). The van der Waals surface area contributed by atoms with Gasteiger partial charge < -0.3 is 15.1 Å². The molecule has 1 atom stereocenters. The third-order valence-electron chi connectivity index (χ3n) is 4.23. The van der Waals surface area contributed by atoms with Crippen molar-refractivity contribution in [1.29, 1.82) is 0 Å². The molecule has 8 heteroatoms. The first-order chi connectivity index (χ1) is 13.0. The smallest absolute Gasteiger partial charge is 0.261 e. The van der Waals surface area contributed by atoms with Gasteiger partial charge in [0.2, 0.25) is 11.8 Å². The number of fused-ring (bicyclic) bond motifs is 1. The van der Waals surface area contributed by atoms with Crippen LogP contribution in [0, 0.1) is 0 Å². The zero-order valence-corrected chi connectivity index (χ0v) is 14.7. The van der Waals surface area contributed by atoms with Crippen LogP contribution in [-0.2, 0) is 16.1 Å². The molecule has 0 bridgehead atoms. The molecule has 27 heavy (non-hydrogen) atoms. The van der Waals surface area contributed by atoms with Crippen LogP contribution in [0.5, 0.6) is 0 Å². The molecular formula is C19H19N3O5. The first-order valence-corrected chi connectivity index (χ1v) is 8.52. The van der Waals surface area contributed by atoms with E-state index in [-0.39, 0.29) is 25.4 Å². The van der Waals surface area contributed by atoms with Gasteiger partial charge in [0.25, 0.3) is 11.8 Å². The van der Waals surface area contributed by atoms with Gasteiger partial charge in [0.05, 0.1) is 23.9 Å². The number of benzene rings is 1. The third-order valence-corrected chi connectivity index (χ3v) is 4.23. The molecule has 1 aromatic heterocycles. The number of carbonyl (C=O) groups is 4. The predicted molar refractivity (Wildman–Crippen MR) is 94.6 cm³/mol. The highest BCUT2D eigenvalue weighted by atomic mass is 16.3. The Morgan fingerprint density at radius 3 is 2.33 bits per heavy atom. The Morgan fingerprint density at radius 2 is 1.74 bits per heavy atom. The molecule has 2 N–H and O–H groups in total. The summed E-state index contributed by atoms with van der Waals surface area (Å²) in [5.41, 5.74) is 0.683. The molecule has 0 radical (unpaired) electrons. The lowest BCUT2D eigenvalue weighted by atomic mass is 10.1. The second-order valence-corrected chi connectivity index (χ2v) is 6.14. The molecule has 140 valence electrons. The Kier molecular flexibility index (Phi) is 5.35. The van der Waals surface area contributed by atoms with Crippen LogP contribution in [0.3, 0.4) is 0 Å². The van der Waals surface area contributed by atoms with Crippen LogP contribution in [0.25, 0.3) is 0 Å². The second-order valence-electron chi connectivity index (χ2n) is 6.14. The van der Waals surface area contributed by atoms with E-state index in [0.29, 0.717) is 16.9 Å². The van der Waals surface area contributed by atoms with Gasteiger partial charge in [-0.3, -0.25) is 24.1 Å². The Balaban J connectivity index is 1.46. The van der Waals surface area contributed by atoms with E-state index in [1.165, 1.54) is 6.26 Å². The first kappa shape index (κ1) is 18.4. The lowest BCUT2D eigenvalue weighted by molar-refractivity contribution is -0.128. The standard InChI is InChI=1S/C19H19N3O5/c1-12(17(24)20-11-13-5-4-10-27-13)21-16(23)8-9-22-18(25)14-6-2-3-7-15(14)19(22)26/h2-7,10,12H,8-9,11H2,1H3,(H,20,24)(H,21,23)/t12-/m0/s1. The Bertz CT molecular complexity index is 840. The molecule has 0 unspecified atom stereocenters. The summed E-state index contributed by atoms with van der Waals surface area (Å²) in [6.45, 7) is 1.73. The van der Waals surface area contributed by atoms with Gasteiger partial charge in [0.15, 0.2) is 0 Å². The van der Waals surface area contributed by atoms with Crippen molar-refractivity contribution in [3.05, 3.63) is 59.5 Å². The van der Waals surface area contributed by atoms with Gasteiger partial charge in [-0.05, 0) is 31.2 Å². The summed E-state index contributed by atoms with van der Waals surface area (Å²) in [4.78, 5) is 49.6. The third kappa shape index (κ3) is 4.05. The molecule has 4 amide bonds. The average Bonchev–Trinajstić information content (AvgIpc) is 3.26. The van der Waals surface area contributed by atoms with Crippen molar-refractivity contribution in [3.8, 4) is 0 Å². The maximum Gasteiger partial charge on any atom is 0.261 e. The van der Waals surface area contributed by atoms with E-state index in [0.717, 1.165) is 4.90 Å². The number of furan rings is 1. The molecule has 0 aliphatic carbocycles. The maximum atomic E-state index is 12.2. The fourth-order valence-electron chi connectivity index (χ4n) is 2.78. The number of imide groups is 1. The van der Waals surface area contributed by atoms with E-state index in [1.807, 2.05) is 0 Å². The molecule has 1 aromatic carbocycles. The summed E-state index contributed by atoms with van der Waals surface area (Å²) in [6, 6.07) is 9.22. The van der Waals surface area contributed by atoms with Gasteiger partial charge >= 0.3 is 0 Å². The first-order valence-electron chi connectivity index (χ1n) is 8.52. The van der Waals surface area contributed by atoms with E-state index in [1.54, 1.807) is 43.3 Å². The molecular weight excluding hydrogens is 350 g/mol. The predicted octanol–water partition coefficient (Wildman–Crippen LogP) is 1.09. The normalized spacial score (nSPS) is 14.0. The fourth-order valence-corrected chi connectivity index (χ4v) is 2.78. The van der Waals surface area contributed by atoms with E-state index in [2.05, 4.69) is 10.6 Å². The van der Waals surface area contributed by atoms with Crippen molar-refractivity contribution in [2.45, 2.75) is 25.9 Å². The minimum Gasteiger partial charge on any atom is -0.467 e. The van der Waals surface area contributed by atoms with Crippen molar-refractivity contribution < 1.29 is 23.6 Å². The zero-order valence-electron chi connectivity index (χ0n) is 14.7. The molecule has 0 spiro atoms. The molecule has 2 heterocycles. The lowest BCUT2D eigenvalue weighted by Crippen LogP contribution is -2.45. The van der Waals surface area contributed by atoms with Crippen LogP contribution >= 0.6 is 0 Å². The highest BCUT2D eigenvalue weighted by Gasteiger charge is 2.35. The summed E-state index contributed by atoms with van der Waals surface area (Å²) < 4.78 is 5.12. The Morgan fingerprint density at radius 1 is 1.07 bits per heavy atom. The van der Waals surface area contributed by atoms with E-state index in [9.17, 15) is 19.2 Å². The average molecular weight is 369 g/mol. The zero-order chi connectivity index (χ0) is 19.4. The van der Waals surface area contributed by atoms with E-state index >= 15 is 0 Å². The van der Waals surface area contributed by atoms with Crippen LogP contribution in [0.15, 0.2) is 47.1 Å². The summed E-state index contributed by atoms with van der Waals surface area (Å²) in [7, 11) is 0. The minimum absolute atomic E-state index is 0.0427. The minimum atomic E-state index is -0.755. The van der Waals surface area contributed by atoms with Crippen LogP contribution in [0.2, 0.25) is 0 Å². The van der Waals surface area contributed by atoms with Crippen LogP contribution in [0.1, 0.15) is 39.8 Å². The van der Waals surface area contributed by atoms with Crippen molar-refractivity contribution in [2.24, 2.45) is 0 Å². The monoisotopic (exact) mass is 369 g/mol. The SMILES string of the molecule is C[C@H](NC(=O)CCN1C(=O)c2ccccc2C1=O)C(=O)NCc1ccco1. The van der Waals surface area contributed by atoms with Crippen molar-refractivity contribution >= 4 is 23.6 Å². The van der Waals surface area contributed by atoms with Gasteiger partial charge in [-0.15, -0.1) is 0 Å². The molecule has 8 nitrogen and oxygen atoms in total. The summed E-state index contributed by atoms with van der Waals surface area (Å²) in [6.07, 6.45) is 1.42. The quantitative estimate of drug-likeness (QED) is 0.710. The molecule has 0 fully saturated rings. The molecule has 0 saturated heterocycles. The number of amides is 4. The van der Waals surface area contributed by atoms with Gasteiger partial charge in [-0.2, -0.15) is 0 Å². The van der Waals surface area contributed by atoms with Crippen LogP contribution in [-0.4, -0.2) is 41.1 Å². The van der Waals surface area contributed by atoms with Crippen molar-refractivity contribution in [3.63, 3.8) is 0 Å².